The van der Waals surface area contributed by atoms with Gasteiger partial charge < -0.3 is 5.32 Å². The fourth-order valence-corrected chi connectivity index (χ4v) is 4.30. The molecule has 1 aromatic carbocycles. The van der Waals surface area contributed by atoms with Crippen LogP contribution < -0.4 is 5.32 Å². The van der Waals surface area contributed by atoms with Gasteiger partial charge in [0.2, 0.25) is 0 Å². The van der Waals surface area contributed by atoms with Crippen molar-refractivity contribution >= 4 is 21.7 Å². The van der Waals surface area contributed by atoms with Crippen LogP contribution in [0, 0.1) is 11.7 Å². The lowest BCUT2D eigenvalue weighted by Gasteiger charge is -2.40. The zero-order valence-electron chi connectivity index (χ0n) is 12.1. The molecule has 114 valence electrons. The zero-order valence-corrected chi connectivity index (χ0v) is 13.7. The summed E-state index contributed by atoms with van der Waals surface area (Å²) in [5.74, 6) is 0.652. The van der Waals surface area contributed by atoms with Crippen molar-refractivity contribution in [2.45, 2.75) is 57.0 Å². The molecule has 3 atom stereocenters. The summed E-state index contributed by atoms with van der Waals surface area (Å²) < 4.78 is 14.1. The minimum atomic E-state index is -0.295. The summed E-state index contributed by atoms with van der Waals surface area (Å²) in [5, 5.41) is 3.55. The molecule has 1 heterocycles. The number of carbonyl (C=O) groups is 1. The van der Waals surface area contributed by atoms with Gasteiger partial charge >= 0.3 is 0 Å². The van der Waals surface area contributed by atoms with E-state index in [2.05, 4.69) is 21.2 Å². The molecule has 0 bridgehead atoms. The average molecular weight is 354 g/mol. The molecule has 1 aromatic rings. The highest BCUT2D eigenvalue weighted by Crippen LogP contribution is 2.32. The van der Waals surface area contributed by atoms with Gasteiger partial charge in [-0.1, -0.05) is 28.8 Å². The van der Waals surface area contributed by atoms with Crippen molar-refractivity contribution < 1.29 is 9.18 Å². The zero-order chi connectivity index (χ0) is 14.8. The molecule has 2 fully saturated rings. The van der Waals surface area contributed by atoms with Gasteiger partial charge in [-0.15, -0.1) is 0 Å². The van der Waals surface area contributed by atoms with Crippen LogP contribution in [0.4, 0.5) is 4.39 Å². The van der Waals surface area contributed by atoms with Crippen LogP contribution in [0.2, 0.25) is 0 Å². The highest BCUT2D eigenvalue weighted by Gasteiger charge is 2.34. The molecule has 0 amide bonds. The van der Waals surface area contributed by atoms with Crippen molar-refractivity contribution in [3.63, 3.8) is 0 Å². The Kier molecular flexibility index (Phi) is 4.75. The van der Waals surface area contributed by atoms with Gasteiger partial charge in [0.15, 0.2) is 5.78 Å². The predicted octanol–water partition coefficient (Wildman–Crippen LogP) is 4.01. The molecule has 0 aromatic heterocycles. The van der Waals surface area contributed by atoms with Gasteiger partial charge in [-0.3, -0.25) is 4.79 Å². The molecule has 4 heteroatoms. The topological polar surface area (TPSA) is 29.1 Å². The molecule has 3 unspecified atom stereocenters. The van der Waals surface area contributed by atoms with E-state index in [0.29, 0.717) is 16.9 Å². The first-order valence-corrected chi connectivity index (χ1v) is 8.65. The van der Waals surface area contributed by atoms with Crippen molar-refractivity contribution in [1.82, 2.24) is 5.32 Å². The van der Waals surface area contributed by atoms with Crippen LogP contribution >= 0.6 is 15.9 Å². The summed E-state index contributed by atoms with van der Waals surface area (Å²) in [6, 6.07) is 5.16. The van der Waals surface area contributed by atoms with Crippen molar-refractivity contribution in [3.8, 4) is 0 Å². The number of hydrogen-bond donors (Lipinski definition) is 1. The third-order valence-corrected chi connectivity index (χ3v) is 5.30. The second-order valence-electron chi connectivity index (χ2n) is 6.37. The van der Waals surface area contributed by atoms with E-state index in [9.17, 15) is 9.18 Å². The van der Waals surface area contributed by atoms with Crippen LogP contribution in [-0.4, -0.2) is 17.9 Å². The second kappa shape index (κ2) is 6.57. The minimum Gasteiger partial charge on any atom is -0.304 e. The van der Waals surface area contributed by atoms with E-state index in [-0.39, 0.29) is 17.6 Å². The number of carbonyl (C=O) groups excluding carboxylic acids is 1. The summed E-state index contributed by atoms with van der Waals surface area (Å²) in [6.45, 7) is 0. The Balaban J connectivity index is 1.62. The maximum atomic E-state index is 13.4. The molecule has 1 N–H and O–H groups in total. The number of fused-ring (bicyclic) bond motifs is 1. The quantitative estimate of drug-likeness (QED) is 0.889. The van der Waals surface area contributed by atoms with E-state index in [0.717, 1.165) is 24.3 Å². The van der Waals surface area contributed by atoms with Crippen molar-refractivity contribution in [3.05, 3.63) is 34.1 Å². The van der Waals surface area contributed by atoms with E-state index in [1.807, 2.05) is 6.07 Å². The van der Waals surface area contributed by atoms with E-state index < -0.39 is 0 Å². The molecule has 3 rings (SSSR count). The number of Topliss-reactive ketones (excluding diaryl/α,β-unsaturated/α-hetero) is 1. The minimum absolute atomic E-state index is 0.0496. The maximum absolute atomic E-state index is 13.4. The summed E-state index contributed by atoms with van der Waals surface area (Å²) in [5.41, 5.74) is 0.749. The van der Waals surface area contributed by atoms with E-state index in [4.69, 9.17) is 0 Å². The Labute approximate surface area is 133 Å². The molecule has 0 spiro atoms. The summed E-state index contributed by atoms with van der Waals surface area (Å²) in [6.07, 6.45) is 7.49. The number of hydrogen-bond acceptors (Lipinski definition) is 2. The number of rotatable bonds is 3. The molecular formula is C17H21BrFNO. The van der Waals surface area contributed by atoms with Crippen LogP contribution in [0.1, 0.15) is 44.1 Å². The van der Waals surface area contributed by atoms with Crippen molar-refractivity contribution in [2.75, 3.05) is 0 Å². The molecule has 1 saturated carbocycles. The lowest BCUT2D eigenvalue weighted by molar-refractivity contribution is -0.121. The maximum Gasteiger partial charge on any atom is 0.154 e. The Morgan fingerprint density at radius 3 is 2.81 bits per heavy atom. The lowest BCUT2D eigenvalue weighted by Crippen LogP contribution is -2.52. The summed E-state index contributed by atoms with van der Waals surface area (Å²) in [7, 11) is 0. The Morgan fingerprint density at radius 2 is 2.00 bits per heavy atom. The van der Waals surface area contributed by atoms with Gasteiger partial charge in [-0.2, -0.15) is 0 Å². The van der Waals surface area contributed by atoms with Crippen LogP contribution in [0.15, 0.2) is 22.7 Å². The molecule has 0 radical (unpaired) electrons. The normalized spacial score (nSPS) is 29.0. The van der Waals surface area contributed by atoms with Crippen LogP contribution in [0.25, 0.3) is 0 Å². The van der Waals surface area contributed by atoms with Crippen LogP contribution in [-0.2, 0) is 11.2 Å². The van der Waals surface area contributed by atoms with Gasteiger partial charge in [-0.25, -0.2) is 4.39 Å². The highest BCUT2D eigenvalue weighted by molar-refractivity contribution is 9.10. The van der Waals surface area contributed by atoms with Crippen molar-refractivity contribution in [2.24, 2.45) is 5.92 Å². The standard InChI is InChI=1S/C17H21BrFNO/c18-13-7-11(8-14(19)10-13)9-17(21)16-6-5-12-3-1-2-4-15(12)20-16/h7-8,10,12,15-16,20H,1-6,9H2. The first-order chi connectivity index (χ1) is 10.1. The first-order valence-electron chi connectivity index (χ1n) is 7.85. The van der Waals surface area contributed by atoms with Crippen molar-refractivity contribution in [1.29, 1.82) is 0 Å². The summed E-state index contributed by atoms with van der Waals surface area (Å²) in [4.78, 5) is 12.5. The number of ketones is 1. The number of benzene rings is 1. The molecule has 1 aliphatic heterocycles. The third kappa shape index (κ3) is 3.72. The monoisotopic (exact) mass is 353 g/mol. The largest absolute Gasteiger partial charge is 0.304 e. The average Bonchev–Trinajstić information content (AvgIpc) is 2.45. The van der Waals surface area contributed by atoms with E-state index in [1.54, 1.807) is 0 Å². The van der Waals surface area contributed by atoms with E-state index >= 15 is 0 Å². The summed E-state index contributed by atoms with van der Waals surface area (Å²) >= 11 is 3.28. The van der Waals surface area contributed by atoms with Crippen LogP contribution in [0.5, 0.6) is 0 Å². The smallest absolute Gasteiger partial charge is 0.154 e. The Hall–Kier alpha value is -0.740. The van der Waals surface area contributed by atoms with E-state index in [1.165, 1.54) is 37.8 Å². The highest BCUT2D eigenvalue weighted by atomic mass is 79.9. The third-order valence-electron chi connectivity index (χ3n) is 4.84. The Bertz CT molecular complexity index is 513. The fourth-order valence-electron chi connectivity index (χ4n) is 3.79. The molecule has 2 nitrogen and oxygen atoms in total. The molecule has 1 saturated heterocycles. The molecule has 2 aliphatic rings. The molecular weight excluding hydrogens is 333 g/mol. The molecule has 21 heavy (non-hydrogen) atoms. The number of piperidine rings is 1. The Morgan fingerprint density at radius 1 is 1.19 bits per heavy atom. The van der Waals surface area contributed by atoms with Gasteiger partial charge in [0.25, 0.3) is 0 Å². The van der Waals surface area contributed by atoms with Gasteiger partial charge in [0.1, 0.15) is 5.82 Å². The number of nitrogens with one attached hydrogen (secondary N) is 1. The van der Waals surface area contributed by atoms with Gasteiger partial charge in [-0.05, 0) is 55.4 Å². The molecule has 1 aliphatic carbocycles. The second-order valence-corrected chi connectivity index (χ2v) is 7.28. The predicted molar refractivity (Wildman–Crippen MR) is 84.7 cm³/mol. The van der Waals surface area contributed by atoms with Gasteiger partial charge in [0, 0.05) is 16.9 Å². The lowest BCUT2D eigenvalue weighted by atomic mass is 9.77. The SMILES string of the molecule is O=C(Cc1cc(F)cc(Br)c1)C1CCC2CCCCC2N1. The fraction of sp³-hybridized carbons (Fsp3) is 0.588. The van der Waals surface area contributed by atoms with Gasteiger partial charge in [0.05, 0.1) is 6.04 Å². The number of halogens is 2. The first kappa shape index (κ1) is 15.2. The van der Waals surface area contributed by atoms with Crippen LogP contribution in [0.3, 0.4) is 0 Å².